The van der Waals surface area contributed by atoms with Gasteiger partial charge in [-0.3, -0.25) is 20.4 Å². The molecule has 2 amide bonds. The molecule has 0 atom stereocenters. The van der Waals surface area contributed by atoms with Crippen molar-refractivity contribution >= 4 is 46.4 Å². The van der Waals surface area contributed by atoms with E-state index in [9.17, 15) is 14.0 Å². The molecule has 2 N–H and O–H groups in total. The number of halogens is 3. The molecule has 0 fully saturated rings. The molecule has 0 bridgehead atoms. The Labute approximate surface area is 168 Å². The normalized spacial score (nSPS) is 10.5. The first-order valence-electron chi connectivity index (χ1n) is 7.67. The Bertz CT molecular complexity index is 1010. The number of aromatic nitrogens is 1. The molecule has 138 valence electrons. The average molecular weight is 424 g/mol. The first-order chi connectivity index (χ1) is 12.9. The lowest BCUT2D eigenvalue weighted by atomic mass is 10.2. The number of hydrazine groups is 1. The third-order valence-electron chi connectivity index (χ3n) is 3.45. The van der Waals surface area contributed by atoms with Crippen molar-refractivity contribution in [3.05, 3.63) is 75.0 Å². The van der Waals surface area contributed by atoms with Crippen molar-refractivity contribution in [2.45, 2.75) is 6.42 Å². The van der Waals surface area contributed by atoms with Crippen molar-refractivity contribution in [2.75, 3.05) is 0 Å². The van der Waals surface area contributed by atoms with Crippen LogP contribution in [0.4, 0.5) is 4.39 Å². The molecular weight excluding hydrogens is 412 g/mol. The smallest absolute Gasteiger partial charge is 0.271 e. The van der Waals surface area contributed by atoms with Crippen molar-refractivity contribution in [1.82, 2.24) is 15.8 Å². The zero-order chi connectivity index (χ0) is 19.4. The Morgan fingerprint density at radius 2 is 1.93 bits per heavy atom. The van der Waals surface area contributed by atoms with Gasteiger partial charge < -0.3 is 0 Å². The third-order valence-corrected chi connectivity index (χ3v) is 4.96. The summed E-state index contributed by atoms with van der Waals surface area (Å²) in [5.74, 6) is -1.41. The summed E-state index contributed by atoms with van der Waals surface area (Å²) in [5, 5.41) is 2.87. The standard InChI is InChI=1S/C18H12Cl2FN3O2S/c19-11-4-5-15(20)14(7-11)17(26)24-23-16(25)8-13-9-27-18(22-13)10-2-1-3-12(21)6-10/h1-7,9H,8H2,(H,23,25)(H,24,26). The number of benzene rings is 2. The molecule has 3 rings (SSSR count). The molecule has 2 aromatic carbocycles. The van der Waals surface area contributed by atoms with E-state index in [1.807, 2.05) is 0 Å². The van der Waals surface area contributed by atoms with E-state index in [0.717, 1.165) is 0 Å². The molecule has 0 aliphatic rings. The molecule has 0 unspecified atom stereocenters. The Morgan fingerprint density at radius 1 is 1.11 bits per heavy atom. The van der Waals surface area contributed by atoms with Crippen LogP contribution in [-0.2, 0) is 11.2 Å². The minimum Gasteiger partial charge on any atom is -0.273 e. The molecule has 0 saturated heterocycles. The highest BCUT2D eigenvalue weighted by Gasteiger charge is 2.13. The lowest BCUT2D eigenvalue weighted by Gasteiger charge is -2.08. The van der Waals surface area contributed by atoms with Gasteiger partial charge >= 0.3 is 0 Å². The molecule has 0 spiro atoms. The van der Waals surface area contributed by atoms with Gasteiger partial charge in [-0.25, -0.2) is 9.37 Å². The number of hydrogen-bond donors (Lipinski definition) is 2. The van der Waals surface area contributed by atoms with Gasteiger partial charge in [0.2, 0.25) is 5.91 Å². The van der Waals surface area contributed by atoms with Crippen molar-refractivity contribution < 1.29 is 14.0 Å². The van der Waals surface area contributed by atoms with Crippen LogP contribution < -0.4 is 10.9 Å². The minimum absolute atomic E-state index is 0.0463. The zero-order valence-electron chi connectivity index (χ0n) is 13.6. The lowest BCUT2D eigenvalue weighted by molar-refractivity contribution is -0.121. The van der Waals surface area contributed by atoms with Crippen molar-refractivity contribution in [3.63, 3.8) is 0 Å². The number of nitrogens with one attached hydrogen (secondary N) is 2. The Balaban J connectivity index is 1.58. The van der Waals surface area contributed by atoms with Crippen molar-refractivity contribution in [3.8, 4) is 10.6 Å². The van der Waals surface area contributed by atoms with E-state index in [1.165, 1.54) is 35.6 Å². The summed E-state index contributed by atoms with van der Waals surface area (Å²) in [6.07, 6.45) is -0.0463. The maximum absolute atomic E-state index is 13.3. The zero-order valence-corrected chi connectivity index (χ0v) is 16.0. The maximum atomic E-state index is 13.3. The van der Waals surface area contributed by atoms with Gasteiger partial charge in [0, 0.05) is 16.0 Å². The summed E-state index contributed by atoms with van der Waals surface area (Å²) in [4.78, 5) is 28.4. The molecule has 1 heterocycles. The number of hydrogen-bond acceptors (Lipinski definition) is 4. The van der Waals surface area contributed by atoms with Gasteiger partial charge in [0.05, 0.1) is 22.7 Å². The van der Waals surface area contributed by atoms with Crippen LogP contribution in [0.25, 0.3) is 10.6 Å². The SMILES string of the molecule is O=C(Cc1csc(-c2cccc(F)c2)n1)NNC(=O)c1cc(Cl)ccc1Cl. The van der Waals surface area contributed by atoms with Crippen molar-refractivity contribution in [2.24, 2.45) is 0 Å². The van der Waals surface area contributed by atoms with Crippen LogP contribution in [0.2, 0.25) is 10.0 Å². The average Bonchev–Trinajstić information content (AvgIpc) is 3.10. The van der Waals surface area contributed by atoms with Crippen molar-refractivity contribution in [1.29, 1.82) is 0 Å². The predicted molar refractivity (Wildman–Crippen MR) is 103 cm³/mol. The third kappa shape index (κ3) is 5.03. The topological polar surface area (TPSA) is 71.1 Å². The fraction of sp³-hybridized carbons (Fsp3) is 0.0556. The van der Waals surface area contributed by atoms with E-state index < -0.39 is 11.8 Å². The van der Waals surface area contributed by atoms with Gasteiger partial charge in [-0.15, -0.1) is 11.3 Å². The molecule has 5 nitrogen and oxygen atoms in total. The number of carbonyl (C=O) groups is 2. The van der Waals surface area contributed by atoms with E-state index in [4.69, 9.17) is 23.2 Å². The van der Waals surface area contributed by atoms with Crippen LogP contribution >= 0.6 is 34.5 Å². The highest BCUT2D eigenvalue weighted by Crippen LogP contribution is 2.24. The van der Waals surface area contributed by atoms with Gasteiger partial charge in [-0.2, -0.15) is 0 Å². The second-order valence-corrected chi connectivity index (χ2v) is 7.16. The second-order valence-electron chi connectivity index (χ2n) is 5.46. The van der Waals surface area contributed by atoms with Gasteiger partial charge in [-0.1, -0.05) is 35.3 Å². The highest BCUT2D eigenvalue weighted by atomic mass is 35.5. The first-order valence-corrected chi connectivity index (χ1v) is 9.30. The largest absolute Gasteiger partial charge is 0.273 e. The van der Waals surface area contributed by atoms with Crippen LogP contribution in [0.1, 0.15) is 16.1 Å². The van der Waals surface area contributed by atoms with Gasteiger partial charge in [0.15, 0.2) is 0 Å². The molecule has 3 aromatic rings. The Kier molecular flexibility index (Phi) is 6.05. The number of carbonyl (C=O) groups excluding carboxylic acids is 2. The van der Waals surface area contributed by atoms with Gasteiger partial charge in [0.25, 0.3) is 5.91 Å². The quantitative estimate of drug-likeness (QED) is 0.615. The van der Waals surface area contributed by atoms with Crippen LogP contribution in [0, 0.1) is 5.82 Å². The summed E-state index contributed by atoms with van der Waals surface area (Å²) < 4.78 is 13.3. The number of rotatable bonds is 4. The van der Waals surface area contributed by atoms with Crippen LogP contribution in [0.15, 0.2) is 47.8 Å². The van der Waals surface area contributed by atoms with E-state index in [0.29, 0.717) is 21.3 Å². The minimum atomic E-state index is -0.588. The molecule has 9 heteroatoms. The monoisotopic (exact) mass is 423 g/mol. The molecule has 27 heavy (non-hydrogen) atoms. The number of nitrogens with zero attached hydrogens (tertiary/aromatic N) is 1. The molecule has 0 saturated carbocycles. The van der Waals surface area contributed by atoms with E-state index in [1.54, 1.807) is 23.6 Å². The Morgan fingerprint density at radius 3 is 2.70 bits per heavy atom. The maximum Gasteiger partial charge on any atom is 0.271 e. The fourth-order valence-corrected chi connectivity index (χ4v) is 3.41. The number of thiazole rings is 1. The summed E-state index contributed by atoms with van der Waals surface area (Å²) in [7, 11) is 0. The van der Waals surface area contributed by atoms with Crippen LogP contribution in [-0.4, -0.2) is 16.8 Å². The first kappa shape index (κ1) is 19.3. The lowest BCUT2D eigenvalue weighted by Crippen LogP contribution is -2.42. The summed E-state index contributed by atoms with van der Waals surface area (Å²) in [6, 6.07) is 10.5. The fourth-order valence-electron chi connectivity index (χ4n) is 2.22. The van der Waals surface area contributed by atoms with Gasteiger partial charge in [-0.05, 0) is 30.3 Å². The van der Waals surface area contributed by atoms with E-state index >= 15 is 0 Å². The molecule has 0 aliphatic heterocycles. The molecule has 1 aromatic heterocycles. The number of amides is 2. The molecule has 0 aliphatic carbocycles. The predicted octanol–water partition coefficient (Wildman–Crippen LogP) is 4.26. The highest BCUT2D eigenvalue weighted by molar-refractivity contribution is 7.13. The van der Waals surface area contributed by atoms with Crippen LogP contribution in [0.5, 0.6) is 0 Å². The molecule has 0 radical (unpaired) electrons. The molecular formula is C18H12Cl2FN3O2S. The van der Waals surface area contributed by atoms with Crippen LogP contribution in [0.3, 0.4) is 0 Å². The summed E-state index contributed by atoms with van der Waals surface area (Å²) in [6.45, 7) is 0. The summed E-state index contributed by atoms with van der Waals surface area (Å²) in [5.41, 5.74) is 5.86. The second kappa shape index (κ2) is 8.47. The Hall–Kier alpha value is -2.48. The summed E-state index contributed by atoms with van der Waals surface area (Å²) >= 11 is 13.1. The van der Waals surface area contributed by atoms with Gasteiger partial charge in [0.1, 0.15) is 10.8 Å². The van der Waals surface area contributed by atoms with E-state index in [2.05, 4.69) is 15.8 Å². The van der Waals surface area contributed by atoms with E-state index in [-0.39, 0.29) is 22.8 Å².